The van der Waals surface area contributed by atoms with Gasteiger partial charge in [0.2, 0.25) is 5.91 Å². The fraction of sp³-hybridized carbons (Fsp3) is 0.556. The number of carbonyl (C=O) groups excluding carboxylic acids is 2. The van der Waals surface area contributed by atoms with E-state index >= 15 is 0 Å². The number of anilines is 1. The van der Waals surface area contributed by atoms with Crippen molar-refractivity contribution in [3.05, 3.63) is 29.3 Å². The quantitative estimate of drug-likeness (QED) is 0.599. The van der Waals surface area contributed by atoms with E-state index in [1.807, 2.05) is 25.2 Å². The molecule has 3 nitrogen and oxygen atoms in total. The molecule has 3 rings (SSSR count). The molecule has 1 aliphatic carbocycles. The topological polar surface area (TPSA) is 37.4 Å². The smallest absolute Gasteiger partial charge is 0.237 e. The normalized spacial score (nSPS) is 25.4. The lowest BCUT2D eigenvalue weighted by Crippen LogP contribution is -2.43. The Labute approximate surface area is 140 Å². The molecule has 0 bridgehead atoms. The minimum atomic E-state index is -0.479. The highest BCUT2D eigenvalue weighted by molar-refractivity contribution is 9.09. The van der Waals surface area contributed by atoms with Crippen molar-refractivity contribution in [3.8, 4) is 0 Å². The third-order valence-electron chi connectivity index (χ3n) is 5.53. The first-order chi connectivity index (χ1) is 10.5. The molecule has 1 heterocycles. The van der Waals surface area contributed by atoms with Gasteiger partial charge >= 0.3 is 0 Å². The van der Waals surface area contributed by atoms with Gasteiger partial charge in [0.1, 0.15) is 0 Å². The Morgan fingerprint density at radius 2 is 2.00 bits per heavy atom. The molecule has 1 atom stereocenters. The van der Waals surface area contributed by atoms with Gasteiger partial charge in [-0.25, -0.2) is 0 Å². The SMILES string of the molecule is CN1C(=O)[C@](C)(C2CCCCC2)c2cc(C(=O)CBr)ccc21. The van der Waals surface area contributed by atoms with Gasteiger partial charge in [0.05, 0.1) is 10.7 Å². The number of benzene rings is 1. The van der Waals surface area contributed by atoms with Gasteiger partial charge in [0.15, 0.2) is 5.78 Å². The summed E-state index contributed by atoms with van der Waals surface area (Å²) in [5.41, 5.74) is 2.22. The molecule has 0 radical (unpaired) electrons. The number of fused-ring (bicyclic) bond motifs is 1. The number of Topliss-reactive ketones (excluding diaryl/α,β-unsaturated/α-hetero) is 1. The van der Waals surface area contributed by atoms with E-state index < -0.39 is 5.41 Å². The monoisotopic (exact) mass is 363 g/mol. The molecule has 0 unspecified atom stereocenters. The van der Waals surface area contributed by atoms with Crippen molar-refractivity contribution in [2.45, 2.75) is 44.4 Å². The molecule has 0 saturated heterocycles. The predicted molar refractivity (Wildman–Crippen MR) is 91.9 cm³/mol. The lowest BCUT2D eigenvalue weighted by Gasteiger charge is -2.35. The molecule has 1 aromatic rings. The summed E-state index contributed by atoms with van der Waals surface area (Å²) in [4.78, 5) is 26.8. The van der Waals surface area contributed by atoms with Crippen LogP contribution in [0.4, 0.5) is 5.69 Å². The molecule has 1 saturated carbocycles. The van der Waals surface area contributed by atoms with Crippen LogP contribution in [-0.4, -0.2) is 24.1 Å². The van der Waals surface area contributed by atoms with Crippen LogP contribution in [0.15, 0.2) is 18.2 Å². The number of halogens is 1. The van der Waals surface area contributed by atoms with Crippen molar-refractivity contribution in [1.82, 2.24) is 0 Å². The Kier molecular flexibility index (Phi) is 4.15. The fourth-order valence-electron chi connectivity index (χ4n) is 4.14. The summed E-state index contributed by atoms with van der Waals surface area (Å²) in [7, 11) is 1.85. The second-order valence-corrected chi connectivity index (χ2v) is 7.25. The largest absolute Gasteiger partial charge is 0.314 e. The van der Waals surface area contributed by atoms with Crippen molar-refractivity contribution in [2.24, 2.45) is 5.92 Å². The Hall–Kier alpha value is -1.16. The lowest BCUT2D eigenvalue weighted by molar-refractivity contribution is -0.124. The average molecular weight is 364 g/mol. The molecule has 2 aliphatic rings. The van der Waals surface area contributed by atoms with Gasteiger partial charge in [-0.15, -0.1) is 0 Å². The summed E-state index contributed by atoms with van der Waals surface area (Å²) in [6, 6.07) is 5.71. The molecule has 0 spiro atoms. The van der Waals surface area contributed by atoms with Gasteiger partial charge in [-0.05, 0) is 49.4 Å². The number of hydrogen-bond donors (Lipinski definition) is 0. The molecule has 1 amide bonds. The molecule has 1 aliphatic heterocycles. The van der Waals surface area contributed by atoms with Gasteiger partial charge in [0.25, 0.3) is 0 Å². The Morgan fingerprint density at radius 3 is 2.64 bits per heavy atom. The van der Waals surface area contributed by atoms with E-state index in [1.54, 1.807) is 4.90 Å². The van der Waals surface area contributed by atoms with Crippen molar-refractivity contribution < 1.29 is 9.59 Å². The van der Waals surface area contributed by atoms with Crippen LogP contribution < -0.4 is 4.90 Å². The van der Waals surface area contributed by atoms with Crippen molar-refractivity contribution in [2.75, 3.05) is 17.3 Å². The lowest BCUT2D eigenvalue weighted by atomic mass is 9.66. The summed E-state index contributed by atoms with van der Waals surface area (Å²) in [5.74, 6) is 0.625. The zero-order chi connectivity index (χ0) is 15.9. The maximum atomic E-state index is 13.0. The van der Waals surface area contributed by atoms with Gasteiger partial charge in [-0.2, -0.15) is 0 Å². The third-order valence-corrected chi connectivity index (χ3v) is 6.04. The van der Waals surface area contributed by atoms with Gasteiger partial charge in [-0.3, -0.25) is 9.59 Å². The Balaban J connectivity index is 2.09. The van der Waals surface area contributed by atoms with Crippen LogP contribution in [0.3, 0.4) is 0 Å². The molecular weight excluding hydrogens is 342 g/mol. The minimum Gasteiger partial charge on any atom is -0.314 e. The molecular formula is C18H22BrNO2. The van der Waals surface area contributed by atoms with Crippen LogP contribution in [-0.2, 0) is 10.2 Å². The number of likely N-dealkylation sites (N-methyl/N-ethyl adjacent to an activating group) is 1. The Bertz CT molecular complexity index is 622. The number of nitrogens with zero attached hydrogens (tertiary/aromatic N) is 1. The number of hydrogen-bond acceptors (Lipinski definition) is 2. The third kappa shape index (κ3) is 2.23. The van der Waals surface area contributed by atoms with Crippen molar-refractivity contribution >= 4 is 33.3 Å². The first kappa shape index (κ1) is 15.7. The highest BCUT2D eigenvalue weighted by Gasteiger charge is 2.51. The van der Waals surface area contributed by atoms with Crippen LogP contribution >= 0.6 is 15.9 Å². The van der Waals surface area contributed by atoms with E-state index in [4.69, 9.17) is 0 Å². The molecule has 4 heteroatoms. The molecule has 1 fully saturated rings. The average Bonchev–Trinajstić information content (AvgIpc) is 2.77. The summed E-state index contributed by atoms with van der Waals surface area (Å²) in [5, 5.41) is 0.315. The summed E-state index contributed by atoms with van der Waals surface area (Å²) in [6.45, 7) is 2.08. The van der Waals surface area contributed by atoms with E-state index in [0.29, 0.717) is 16.8 Å². The Morgan fingerprint density at radius 1 is 1.32 bits per heavy atom. The number of ketones is 1. The number of alkyl halides is 1. The van der Waals surface area contributed by atoms with Gasteiger partial charge in [-0.1, -0.05) is 35.2 Å². The molecule has 1 aromatic carbocycles. The van der Waals surface area contributed by atoms with Crippen molar-refractivity contribution in [3.63, 3.8) is 0 Å². The van der Waals surface area contributed by atoms with E-state index in [0.717, 1.165) is 24.1 Å². The maximum Gasteiger partial charge on any atom is 0.237 e. The van der Waals surface area contributed by atoms with E-state index in [2.05, 4.69) is 22.9 Å². The van der Waals surface area contributed by atoms with E-state index in [9.17, 15) is 9.59 Å². The van der Waals surface area contributed by atoms with Crippen LogP contribution in [0, 0.1) is 5.92 Å². The first-order valence-corrected chi connectivity index (χ1v) is 9.14. The second-order valence-electron chi connectivity index (χ2n) is 6.69. The van der Waals surface area contributed by atoms with Crippen LogP contribution in [0.5, 0.6) is 0 Å². The minimum absolute atomic E-state index is 0.0656. The van der Waals surface area contributed by atoms with Crippen LogP contribution in [0.1, 0.15) is 54.9 Å². The molecule has 0 aromatic heterocycles. The second kappa shape index (κ2) is 5.80. The number of amides is 1. The first-order valence-electron chi connectivity index (χ1n) is 8.02. The van der Waals surface area contributed by atoms with E-state index in [-0.39, 0.29) is 11.7 Å². The highest BCUT2D eigenvalue weighted by Crippen LogP contribution is 2.50. The van der Waals surface area contributed by atoms with Gasteiger partial charge in [0, 0.05) is 18.3 Å². The van der Waals surface area contributed by atoms with Crippen LogP contribution in [0.25, 0.3) is 0 Å². The summed E-state index contributed by atoms with van der Waals surface area (Å²) < 4.78 is 0. The van der Waals surface area contributed by atoms with Crippen LogP contribution in [0.2, 0.25) is 0 Å². The number of rotatable bonds is 3. The zero-order valence-electron chi connectivity index (χ0n) is 13.2. The standard InChI is InChI=1S/C18H22BrNO2/c1-18(13-6-4-3-5-7-13)14-10-12(16(21)11-19)8-9-15(14)20(2)17(18)22/h8-10,13H,3-7,11H2,1-2H3/t18-/m1/s1. The molecule has 22 heavy (non-hydrogen) atoms. The fourth-order valence-corrected chi connectivity index (χ4v) is 4.47. The predicted octanol–water partition coefficient (Wildman–Crippen LogP) is 4.08. The van der Waals surface area contributed by atoms with E-state index in [1.165, 1.54) is 19.3 Å². The summed E-state index contributed by atoms with van der Waals surface area (Å²) >= 11 is 3.23. The molecule has 0 N–H and O–H groups in total. The maximum absolute atomic E-state index is 13.0. The van der Waals surface area contributed by atoms with Crippen molar-refractivity contribution in [1.29, 1.82) is 0 Å². The number of carbonyl (C=O) groups is 2. The zero-order valence-corrected chi connectivity index (χ0v) is 14.8. The summed E-state index contributed by atoms with van der Waals surface area (Å²) in [6.07, 6.45) is 5.88. The highest BCUT2D eigenvalue weighted by atomic mass is 79.9. The molecule has 118 valence electrons. The van der Waals surface area contributed by atoms with Gasteiger partial charge < -0.3 is 4.90 Å².